The molecule has 0 unspecified atom stereocenters. The van der Waals surface area contributed by atoms with Gasteiger partial charge in [0.2, 0.25) is 5.91 Å². The lowest BCUT2D eigenvalue weighted by molar-refractivity contribution is -0.118. The molecule has 9 heteroatoms. The zero-order valence-corrected chi connectivity index (χ0v) is 15.6. The minimum absolute atomic E-state index is 0.0731. The highest BCUT2D eigenvalue weighted by atomic mass is 32.2. The number of hydrogen-bond donors (Lipinski definition) is 2. The van der Waals surface area contributed by atoms with Crippen LogP contribution < -0.4 is 5.32 Å². The summed E-state index contributed by atoms with van der Waals surface area (Å²) in [6.07, 6.45) is 1.52. The van der Waals surface area contributed by atoms with Gasteiger partial charge < -0.3 is 10.4 Å². The molecule has 0 aliphatic heterocycles. The molecule has 1 aromatic heterocycles. The van der Waals surface area contributed by atoms with E-state index in [1.165, 1.54) is 16.9 Å². The molecule has 26 heavy (non-hydrogen) atoms. The molecule has 0 aliphatic rings. The first-order valence-corrected chi connectivity index (χ1v) is 9.52. The normalized spacial score (nSPS) is 12.0. The number of carboxylic acids is 1. The van der Waals surface area contributed by atoms with Gasteiger partial charge in [-0.25, -0.2) is 17.9 Å². The number of amides is 1. The van der Waals surface area contributed by atoms with E-state index < -0.39 is 32.2 Å². The van der Waals surface area contributed by atoms with Crippen LogP contribution in [0.3, 0.4) is 0 Å². The van der Waals surface area contributed by atoms with Crippen molar-refractivity contribution in [3.63, 3.8) is 0 Å². The van der Waals surface area contributed by atoms with Crippen molar-refractivity contribution in [1.29, 1.82) is 0 Å². The minimum atomic E-state index is -3.54. The van der Waals surface area contributed by atoms with E-state index in [1.54, 1.807) is 45.0 Å². The van der Waals surface area contributed by atoms with Crippen LogP contribution in [-0.4, -0.2) is 45.7 Å². The largest absolute Gasteiger partial charge is 0.476 e. The van der Waals surface area contributed by atoms with Gasteiger partial charge in [-0.3, -0.25) is 4.79 Å². The zero-order valence-electron chi connectivity index (χ0n) is 14.8. The molecular weight excluding hydrogens is 358 g/mol. The van der Waals surface area contributed by atoms with Gasteiger partial charge in [-0.1, -0.05) is 12.1 Å². The number of sulfone groups is 1. The number of carbonyl (C=O) groups excluding carboxylic acids is 1. The second kappa shape index (κ2) is 7.28. The molecule has 1 heterocycles. The maximum Gasteiger partial charge on any atom is 0.356 e. The quantitative estimate of drug-likeness (QED) is 0.783. The molecule has 0 bridgehead atoms. The number of nitrogens with zero attached hydrogens (tertiary/aromatic N) is 2. The van der Waals surface area contributed by atoms with Crippen molar-refractivity contribution in [3.05, 3.63) is 47.8 Å². The van der Waals surface area contributed by atoms with Crippen LogP contribution in [0.5, 0.6) is 0 Å². The highest BCUT2D eigenvalue weighted by Crippen LogP contribution is 2.16. The second-order valence-corrected chi connectivity index (χ2v) is 9.51. The van der Waals surface area contributed by atoms with Crippen molar-refractivity contribution < 1.29 is 23.1 Å². The average molecular weight is 379 g/mol. The molecular formula is C17H21N3O5S. The first kappa shape index (κ1) is 19.6. The summed E-state index contributed by atoms with van der Waals surface area (Å²) >= 11 is 0. The molecule has 2 N–H and O–H groups in total. The lowest BCUT2D eigenvalue weighted by atomic mass is 10.2. The van der Waals surface area contributed by atoms with Crippen molar-refractivity contribution >= 4 is 21.7 Å². The van der Waals surface area contributed by atoms with Crippen LogP contribution >= 0.6 is 0 Å². The molecule has 0 spiro atoms. The summed E-state index contributed by atoms with van der Waals surface area (Å²) in [5, 5.41) is 15.5. The standard InChI is InChI=1S/C17H21N3O5S/c1-17(2,3)26(24,25)11-15(21)18-10-12-5-4-6-13(9-12)20-8-7-14(19-20)16(22)23/h4-9H,10-11H2,1-3H3,(H,18,21)(H,22,23). The fraction of sp³-hybridized carbons (Fsp3) is 0.353. The van der Waals surface area contributed by atoms with E-state index in [-0.39, 0.29) is 12.2 Å². The van der Waals surface area contributed by atoms with Gasteiger partial charge in [0.05, 0.1) is 10.4 Å². The molecule has 140 valence electrons. The Morgan fingerprint density at radius 2 is 1.92 bits per heavy atom. The predicted octanol–water partition coefficient (Wildman–Crippen LogP) is 1.40. The number of aromatic nitrogens is 2. The highest BCUT2D eigenvalue weighted by Gasteiger charge is 2.31. The molecule has 2 aromatic rings. The van der Waals surface area contributed by atoms with Crippen LogP contribution in [0.15, 0.2) is 36.5 Å². The Hall–Kier alpha value is -2.68. The number of hydrogen-bond acceptors (Lipinski definition) is 5. The summed E-state index contributed by atoms with van der Waals surface area (Å²) < 4.78 is 24.5. The monoisotopic (exact) mass is 379 g/mol. The molecule has 0 saturated heterocycles. The second-order valence-electron chi connectivity index (χ2n) is 6.77. The Morgan fingerprint density at radius 1 is 1.23 bits per heavy atom. The van der Waals surface area contributed by atoms with Crippen molar-refractivity contribution in [2.24, 2.45) is 0 Å². The molecule has 1 aromatic carbocycles. The van der Waals surface area contributed by atoms with Crippen molar-refractivity contribution in [1.82, 2.24) is 15.1 Å². The van der Waals surface area contributed by atoms with Crippen molar-refractivity contribution in [2.75, 3.05) is 5.75 Å². The van der Waals surface area contributed by atoms with Gasteiger partial charge in [-0.2, -0.15) is 5.10 Å². The third kappa shape index (κ3) is 4.69. The molecule has 0 radical (unpaired) electrons. The summed E-state index contributed by atoms with van der Waals surface area (Å²) in [4.78, 5) is 22.8. The van der Waals surface area contributed by atoms with Gasteiger partial charge in [-0.15, -0.1) is 0 Å². The number of benzene rings is 1. The maximum atomic E-state index is 12.0. The number of carboxylic acid groups (broad SMARTS) is 1. The first-order chi connectivity index (χ1) is 12.0. The maximum absolute atomic E-state index is 12.0. The number of aromatic carboxylic acids is 1. The number of rotatable bonds is 6. The fourth-order valence-corrected chi connectivity index (χ4v) is 2.91. The van der Waals surface area contributed by atoms with Crippen LogP contribution in [0.4, 0.5) is 0 Å². The van der Waals surface area contributed by atoms with Crippen LogP contribution in [0.1, 0.15) is 36.8 Å². The SMILES string of the molecule is CC(C)(C)S(=O)(=O)CC(=O)NCc1cccc(-n2ccc(C(=O)O)n2)c1. The van der Waals surface area contributed by atoms with Crippen LogP contribution in [0.25, 0.3) is 5.69 Å². The molecule has 2 rings (SSSR count). The lowest BCUT2D eigenvalue weighted by Crippen LogP contribution is -2.38. The van der Waals surface area contributed by atoms with Gasteiger partial charge in [0.25, 0.3) is 0 Å². The van der Waals surface area contributed by atoms with E-state index >= 15 is 0 Å². The van der Waals surface area contributed by atoms with E-state index in [9.17, 15) is 18.0 Å². The van der Waals surface area contributed by atoms with Crippen LogP contribution in [0, 0.1) is 0 Å². The first-order valence-electron chi connectivity index (χ1n) is 7.87. The highest BCUT2D eigenvalue weighted by molar-refractivity contribution is 7.93. The Bertz CT molecular complexity index is 926. The Labute approximate surface area is 151 Å². The zero-order chi connectivity index (χ0) is 19.5. The molecule has 0 fully saturated rings. The minimum Gasteiger partial charge on any atom is -0.476 e. The molecule has 0 saturated carbocycles. The molecule has 0 aliphatic carbocycles. The Morgan fingerprint density at radius 3 is 2.50 bits per heavy atom. The topological polar surface area (TPSA) is 118 Å². The average Bonchev–Trinajstić information content (AvgIpc) is 3.02. The van der Waals surface area contributed by atoms with Gasteiger partial charge in [-0.05, 0) is 44.5 Å². The van der Waals surface area contributed by atoms with E-state index in [2.05, 4.69) is 10.4 Å². The smallest absolute Gasteiger partial charge is 0.356 e. The number of nitrogens with one attached hydrogen (secondary N) is 1. The summed E-state index contributed by atoms with van der Waals surface area (Å²) in [6, 6.07) is 8.37. The summed E-state index contributed by atoms with van der Waals surface area (Å²) in [6.45, 7) is 4.80. The van der Waals surface area contributed by atoms with Crippen molar-refractivity contribution in [2.45, 2.75) is 32.1 Å². The number of carbonyl (C=O) groups is 2. The van der Waals surface area contributed by atoms with Gasteiger partial charge >= 0.3 is 5.97 Å². The summed E-state index contributed by atoms with van der Waals surface area (Å²) in [5.41, 5.74) is 1.29. The van der Waals surface area contributed by atoms with E-state index in [0.29, 0.717) is 5.69 Å². The molecule has 8 nitrogen and oxygen atoms in total. The van der Waals surface area contributed by atoms with Crippen LogP contribution in [-0.2, 0) is 21.2 Å². The summed E-state index contributed by atoms with van der Waals surface area (Å²) in [5.74, 6) is -2.26. The molecule has 1 amide bonds. The lowest BCUT2D eigenvalue weighted by Gasteiger charge is -2.18. The Balaban J connectivity index is 2.05. The third-order valence-corrected chi connectivity index (χ3v) is 6.24. The van der Waals surface area contributed by atoms with Gasteiger partial charge in [0.1, 0.15) is 5.75 Å². The third-order valence-electron chi connectivity index (χ3n) is 3.73. The van der Waals surface area contributed by atoms with E-state index in [1.807, 2.05) is 0 Å². The fourth-order valence-electron chi connectivity index (χ4n) is 2.03. The predicted molar refractivity (Wildman–Crippen MR) is 95.9 cm³/mol. The van der Waals surface area contributed by atoms with Gasteiger partial charge in [0.15, 0.2) is 15.5 Å². The van der Waals surface area contributed by atoms with E-state index in [4.69, 9.17) is 5.11 Å². The van der Waals surface area contributed by atoms with Gasteiger partial charge in [0, 0.05) is 12.7 Å². The summed E-state index contributed by atoms with van der Waals surface area (Å²) in [7, 11) is -3.54. The Kier molecular flexibility index (Phi) is 5.50. The van der Waals surface area contributed by atoms with E-state index in [0.717, 1.165) is 5.56 Å². The molecule has 0 atom stereocenters. The van der Waals surface area contributed by atoms with Crippen LogP contribution in [0.2, 0.25) is 0 Å². The van der Waals surface area contributed by atoms with Crippen molar-refractivity contribution in [3.8, 4) is 5.69 Å².